The molecule has 4 aromatic rings. The Bertz CT molecular complexity index is 1640. The SMILES string of the molecule is CCCN1C(=O)c2ccc(NC3C(c4cn[nH]c4-c4ccc(C(F)(F)F)cc4)=Cc4ccccc43)cc2C1=O. The Morgan fingerprint density at radius 2 is 1.69 bits per heavy atom. The summed E-state index contributed by atoms with van der Waals surface area (Å²) >= 11 is 0. The van der Waals surface area contributed by atoms with Gasteiger partial charge in [0.25, 0.3) is 11.8 Å². The van der Waals surface area contributed by atoms with Crippen molar-refractivity contribution < 1.29 is 22.8 Å². The van der Waals surface area contributed by atoms with Crippen molar-refractivity contribution in [3.63, 3.8) is 0 Å². The molecular weight excluding hydrogens is 505 g/mol. The molecule has 1 aromatic heterocycles. The van der Waals surface area contributed by atoms with Crippen molar-refractivity contribution in [2.45, 2.75) is 25.6 Å². The van der Waals surface area contributed by atoms with Gasteiger partial charge in [0, 0.05) is 23.4 Å². The average Bonchev–Trinajstić information content (AvgIpc) is 3.61. The monoisotopic (exact) mass is 528 g/mol. The number of nitrogens with one attached hydrogen (secondary N) is 2. The molecule has 196 valence electrons. The first-order valence-corrected chi connectivity index (χ1v) is 12.5. The van der Waals surface area contributed by atoms with Crippen LogP contribution in [0.25, 0.3) is 22.9 Å². The van der Waals surface area contributed by atoms with Gasteiger partial charge in [-0.2, -0.15) is 18.3 Å². The number of hydrogen-bond donors (Lipinski definition) is 2. The lowest BCUT2D eigenvalue weighted by Gasteiger charge is -2.21. The molecule has 6 nitrogen and oxygen atoms in total. The van der Waals surface area contributed by atoms with E-state index in [1.165, 1.54) is 17.0 Å². The molecule has 9 heteroatoms. The van der Waals surface area contributed by atoms with Crippen LogP contribution in [0.1, 0.15) is 62.4 Å². The zero-order chi connectivity index (χ0) is 27.3. The normalized spacial score (nSPS) is 16.4. The number of aromatic amines is 1. The van der Waals surface area contributed by atoms with Gasteiger partial charge in [0.15, 0.2) is 0 Å². The Balaban J connectivity index is 1.36. The number of alkyl halides is 3. The highest BCUT2D eigenvalue weighted by molar-refractivity contribution is 6.21. The number of fused-ring (bicyclic) bond motifs is 2. The van der Waals surface area contributed by atoms with Crippen LogP contribution in [0.4, 0.5) is 18.9 Å². The van der Waals surface area contributed by atoms with E-state index in [9.17, 15) is 22.8 Å². The van der Waals surface area contributed by atoms with Crippen LogP contribution in [-0.4, -0.2) is 33.5 Å². The Morgan fingerprint density at radius 3 is 2.44 bits per heavy atom. The lowest BCUT2D eigenvalue weighted by molar-refractivity contribution is -0.137. The number of rotatable bonds is 6. The summed E-state index contributed by atoms with van der Waals surface area (Å²) in [4.78, 5) is 26.9. The second kappa shape index (κ2) is 9.27. The highest BCUT2D eigenvalue weighted by atomic mass is 19.4. The highest BCUT2D eigenvalue weighted by Gasteiger charge is 2.36. The number of halogens is 3. The molecule has 39 heavy (non-hydrogen) atoms. The number of nitrogens with zero attached hydrogens (tertiary/aromatic N) is 2. The number of aromatic nitrogens is 2. The lowest BCUT2D eigenvalue weighted by atomic mass is 9.95. The number of benzene rings is 3. The summed E-state index contributed by atoms with van der Waals surface area (Å²) < 4.78 is 39.3. The minimum absolute atomic E-state index is 0.283. The van der Waals surface area contributed by atoms with Gasteiger partial charge in [-0.05, 0) is 59.5 Å². The van der Waals surface area contributed by atoms with Crippen LogP contribution >= 0.6 is 0 Å². The molecule has 0 saturated carbocycles. The number of H-pyrrole nitrogens is 1. The average molecular weight is 529 g/mol. The van der Waals surface area contributed by atoms with Gasteiger partial charge in [-0.3, -0.25) is 19.6 Å². The molecule has 2 aliphatic rings. The first-order valence-electron chi connectivity index (χ1n) is 12.5. The van der Waals surface area contributed by atoms with Crippen molar-refractivity contribution in [1.29, 1.82) is 0 Å². The van der Waals surface area contributed by atoms with E-state index in [0.29, 0.717) is 41.0 Å². The molecule has 2 amide bonds. The largest absolute Gasteiger partial charge is 0.416 e. The topological polar surface area (TPSA) is 78.1 Å². The van der Waals surface area contributed by atoms with Crippen molar-refractivity contribution in [3.8, 4) is 11.3 Å². The number of amides is 2. The summed E-state index contributed by atoms with van der Waals surface area (Å²) in [5, 5.41) is 10.7. The van der Waals surface area contributed by atoms with Crippen molar-refractivity contribution in [3.05, 3.63) is 106 Å². The van der Waals surface area contributed by atoms with E-state index >= 15 is 0 Å². The van der Waals surface area contributed by atoms with Crippen molar-refractivity contribution in [2.75, 3.05) is 11.9 Å². The molecule has 6 rings (SSSR count). The maximum Gasteiger partial charge on any atom is 0.416 e. The summed E-state index contributed by atoms with van der Waals surface area (Å²) in [5.74, 6) is -0.586. The third-order valence-corrected chi connectivity index (χ3v) is 7.11. The van der Waals surface area contributed by atoms with Crippen LogP contribution in [0.5, 0.6) is 0 Å². The predicted molar refractivity (Wildman–Crippen MR) is 142 cm³/mol. The zero-order valence-electron chi connectivity index (χ0n) is 20.8. The number of anilines is 1. The molecule has 2 heterocycles. The molecule has 0 radical (unpaired) electrons. The highest BCUT2D eigenvalue weighted by Crippen LogP contribution is 2.45. The van der Waals surface area contributed by atoms with Crippen molar-refractivity contribution in [1.82, 2.24) is 15.1 Å². The van der Waals surface area contributed by atoms with Crippen LogP contribution < -0.4 is 5.32 Å². The van der Waals surface area contributed by atoms with Gasteiger partial charge in [0.1, 0.15) is 0 Å². The lowest BCUT2D eigenvalue weighted by Crippen LogP contribution is -2.30. The maximum atomic E-state index is 13.1. The Kier molecular flexibility index (Phi) is 5.86. The molecule has 1 aliphatic carbocycles. The molecule has 3 aromatic carbocycles. The summed E-state index contributed by atoms with van der Waals surface area (Å²) in [5.41, 5.74) is 5.48. The molecule has 0 bridgehead atoms. The number of carbonyl (C=O) groups is 2. The Morgan fingerprint density at radius 1 is 0.949 bits per heavy atom. The predicted octanol–water partition coefficient (Wildman–Crippen LogP) is 6.81. The van der Waals surface area contributed by atoms with Crippen LogP contribution in [0.3, 0.4) is 0 Å². The molecular formula is C30H23F3N4O2. The fraction of sp³-hybridized carbons (Fsp3) is 0.167. The van der Waals surface area contributed by atoms with E-state index in [1.807, 2.05) is 37.3 Å². The number of hydrogen-bond acceptors (Lipinski definition) is 4. The molecule has 1 unspecified atom stereocenters. The Hall–Kier alpha value is -4.66. The third kappa shape index (κ3) is 4.20. The first kappa shape index (κ1) is 24.7. The van der Waals surface area contributed by atoms with Gasteiger partial charge in [-0.1, -0.05) is 43.3 Å². The van der Waals surface area contributed by atoms with E-state index in [1.54, 1.807) is 24.4 Å². The number of imide groups is 1. The quantitative estimate of drug-likeness (QED) is 0.270. The third-order valence-electron chi connectivity index (χ3n) is 7.11. The Labute approximate surface area is 222 Å². The van der Waals surface area contributed by atoms with E-state index in [4.69, 9.17) is 0 Å². The smallest absolute Gasteiger partial charge is 0.374 e. The zero-order valence-corrected chi connectivity index (χ0v) is 20.8. The second-order valence-electron chi connectivity index (χ2n) is 9.56. The fourth-order valence-electron chi connectivity index (χ4n) is 5.24. The van der Waals surface area contributed by atoms with Crippen LogP contribution in [0, 0.1) is 0 Å². The first-order chi connectivity index (χ1) is 18.8. The minimum Gasteiger partial charge on any atom is -0.374 e. The van der Waals surface area contributed by atoms with Gasteiger partial charge >= 0.3 is 6.18 Å². The summed E-state index contributed by atoms with van der Waals surface area (Å²) in [7, 11) is 0. The van der Waals surface area contributed by atoms with Crippen molar-refractivity contribution in [2.24, 2.45) is 0 Å². The van der Waals surface area contributed by atoms with Crippen LogP contribution in [0.15, 0.2) is 72.9 Å². The summed E-state index contributed by atoms with van der Waals surface area (Å²) in [6.07, 6.45) is -0.0612. The molecule has 2 N–H and O–H groups in total. The van der Waals surface area contributed by atoms with Crippen LogP contribution in [-0.2, 0) is 6.18 Å². The van der Waals surface area contributed by atoms with Gasteiger partial charge in [-0.25, -0.2) is 0 Å². The van der Waals surface area contributed by atoms with E-state index in [-0.39, 0.29) is 17.9 Å². The van der Waals surface area contributed by atoms with E-state index < -0.39 is 11.7 Å². The van der Waals surface area contributed by atoms with E-state index in [2.05, 4.69) is 15.5 Å². The maximum absolute atomic E-state index is 13.1. The van der Waals surface area contributed by atoms with Gasteiger partial charge in [-0.15, -0.1) is 0 Å². The molecule has 0 saturated heterocycles. The molecule has 0 spiro atoms. The minimum atomic E-state index is -4.42. The summed E-state index contributed by atoms with van der Waals surface area (Å²) in [6, 6.07) is 17.6. The fourth-order valence-corrected chi connectivity index (χ4v) is 5.24. The van der Waals surface area contributed by atoms with Gasteiger partial charge in [0.2, 0.25) is 0 Å². The van der Waals surface area contributed by atoms with Crippen LogP contribution in [0.2, 0.25) is 0 Å². The number of carbonyl (C=O) groups excluding carboxylic acids is 2. The molecule has 1 atom stereocenters. The van der Waals surface area contributed by atoms with Gasteiger partial charge in [0.05, 0.1) is 34.6 Å². The van der Waals surface area contributed by atoms with Gasteiger partial charge < -0.3 is 5.32 Å². The molecule has 0 fully saturated rings. The van der Waals surface area contributed by atoms with E-state index in [0.717, 1.165) is 34.4 Å². The molecule has 1 aliphatic heterocycles. The second-order valence-corrected chi connectivity index (χ2v) is 9.56. The summed E-state index contributed by atoms with van der Waals surface area (Å²) in [6.45, 7) is 2.28. The van der Waals surface area contributed by atoms with Crippen molar-refractivity contribution >= 4 is 29.2 Å². The standard InChI is InChI=1S/C30H23F3N4O2/c1-2-13-37-28(38)22-12-11-20(15-24(22)29(37)39)35-27-21-6-4-3-5-18(21)14-23(27)25-16-34-36-26(25)17-7-9-19(10-8-17)30(31,32)33/h3-12,14-16,27,35H,2,13H2,1H3,(H,34,36).